The van der Waals surface area contributed by atoms with Gasteiger partial charge in [-0.1, -0.05) is 6.07 Å². The van der Waals surface area contributed by atoms with E-state index in [4.69, 9.17) is 9.84 Å². The molecule has 1 saturated heterocycles. The molecule has 0 radical (unpaired) electrons. The van der Waals surface area contributed by atoms with E-state index >= 15 is 0 Å². The molecule has 20 heavy (non-hydrogen) atoms. The maximum atomic E-state index is 11.2. The summed E-state index contributed by atoms with van der Waals surface area (Å²) in [7, 11) is 0. The SMILES string of the molecule is N#Cc1c(NC(=O)C(=O)O)cccc1N1CCOCC1. The Morgan fingerprint density at radius 1 is 1.35 bits per heavy atom. The van der Waals surface area contributed by atoms with Gasteiger partial charge in [0.15, 0.2) is 0 Å². The number of hydrogen-bond acceptors (Lipinski definition) is 5. The van der Waals surface area contributed by atoms with Crippen molar-refractivity contribution in [3.63, 3.8) is 0 Å². The molecule has 2 N–H and O–H groups in total. The lowest BCUT2D eigenvalue weighted by atomic mass is 10.1. The molecule has 1 aromatic rings. The van der Waals surface area contributed by atoms with Gasteiger partial charge in [0, 0.05) is 13.1 Å². The number of carbonyl (C=O) groups is 2. The molecule has 104 valence electrons. The molecule has 0 aliphatic carbocycles. The van der Waals surface area contributed by atoms with E-state index in [0.717, 1.165) is 0 Å². The molecule has 0 spiro atoms. The van der Waals surface area contributed by atoms with E-state index in [-0.39, 0.29) is 11.3 Å². The molecular weight excluding hydrogens is 262 g/mol. The summed E-state index contributed by atoms with van der Waals surface area (Å²) in [5.41, 5.74) is 1.12. The van der Waals surface area contributed by atoms with Crippen molar-refractivity contribution in [3.8, 4) is 6.07 Å². The average Bonchev–Trinajstić information content (AvgIpc) is 2.47. The predicted molar refractivity (Wildman–Crippen MR) is 70.5 cm³/mol. The van der Waals surface area contributed by atoms with Crippen LogP contribution < -0.4 is 10.2 Å². The maximum absolute atomic E-state index is 11.2. The highest BCUT2D eigenvalue weighted by molar-refractivity contribution is 6.36. The van der Waals surface area contributed by atoms with Crippen molar-refractivity contribution in [3.05, 3.63) is 23.8 Å². The number of benzene rings is 1. The van der Waals surface area contributed by atoms with E-state index in [9.17, 15) is 14.9 Å². The third kappa shape index (κ3) is 2.87. The summed E-state index contributed by atoms with van der Waals surface area (Å²) < 4.78 is 5.25. The van der Waals surface area contributed by atoms with Gasteiger partial charge in [0.2, 0.25) is 0 Å². The number of morpholine rings is 1. The number of carboxylic acid groups (broad SMARTS) is 1. The maximum Gasteiger partial charge on any atom is 0.394 e. The molecule has 1 aliphatic heterocycles. The molecule has 0 bridgehead atoms. The van der Waals surface area contributed by atoms with Gasteiger partial charge in [-0.3, -0.25) is 4.79 Å². The Morgan fingerprint density at radius 2 is 2.05 bits per heavy atom. The van der Waals surface area contributed by atoms with Crippen LogP contribution in [0.2, 0.25) is 0 Å². The molecule has 7 nitrogen and oxygen atoms in total. The van der Waals surface area contributed by atoms with Gasteiger partial charge >= 0.3 is 11.9 Å². The van der Waals surface area contributed by atoms with Crippen LogP contribution >= 0.6 is 0 Å². The Bertz CT molecular complexity index is 573. The first-order valence-corrected chi connectivity index (χ1v) is 6.03. The molecule has 1 fully saturated rings. The first-order chi connectivity index (χ1) is 9.63. The molecule has 0 atom stereocenters. The number of ether oxygens (including phenoxy) is 1. The topological polar surface area (TPSA) is 103 Å². The summed E-state index contributed by atoms with van der Waals surface area (Å²) in [6.07, 6.45) is 0. The fourth-order valence-corrected chi connectivity index (χ4v) is 2.01. The number of nitrogens with zero attached hydrogens (tertiary/aromatic N) is 2. The Hall–Kier alpha value is -2.59. The highest BCUT2D eigenvalue weighted by Gasteiger charge is 2.19. The lowest BCUT2D eigenvalue weighted by molar-refractivity contribution is -0.147. The van der Waals surface area contributed by atoms with Crippen LogP contribution in [0.3, 0.4) is 0 Å². The number of hydrogen-bond donors (Lipinski definition) is 2. The lowest BCUT2D eigenvalue weighted by Crippen LogP contribution is -2.36. The zero-order chi connectivity index (χ0) is 14.5. The summed E-state index contributed by atoms with van der Waals surface area (Å²) in [6.45, 7) is 2.42. The van der Waals surface area contributed by atoms with Gasteiger partial charge in [0.25, 0.3) is 0 Å². The number of anilines is 2. The van der Waals surface area contributed by atoms with Gasteiger partial charge in [0.05, 0.1) is 30.2 Å². The summed E-state index contributed by atoms with van der Waals surface area (Å²) in [5.74, 6) is -2.76. The minimum Gasteiger partial charge on any atom is -0.474 e. The van der Waals surface area contributed by atoms with Gasteiger partial charge in [-0.25, -0.2) is 4.79 Å². The summed E-state index contributed by atoms with van der Waals surface area (Å²) in [6, 6.07) is 6.95. The van der Waals surface area contributed by atoms with Crippen LogP contribution in [-0.2, 0) is 14.3 Å². The first kappa shape index (κ1) is 13.8. The third-order valence-electron chi connectivity index (χ3n) is 2.95. The molecule has 0 saturated carbocycles. The largest absolute Gasteiger partial charge is 0.474 e. The van der Waals surface area contributed by atoms with Crippen molar-refractivity contribution in [2.45, 2.75) is 0 Å². The zero-order valence-electron chi connectivity index (χ0n) is 10.6. The van der Waals surface area contributed by atoms with Crippen molar-refractivity contribution in [1.82, 2.24) is 0 Å². The molecule has 1 amide bonds. The Kier molecular flexibility index (Phi) is 4.17. The Balaban J connectivity index is 2.32. The van der Waals surface area contributed by atoms with E-state index in [0.29, 0.717) is 32.0 Å². The molecule has 7 heteroatoms. The lowest BCUT2D eigenvalue weighted by Gasteiger charge is -2.30. The van der Waals surface area contributed by atoms with Crippen LogP contribution in [0.25, 0.3) is 0 Å². The number of nitriles is 1. The van der Waals surface area contributed by atoms with Crippen molar-refractivity contribution < 1.29 is 19.4 Å². The molecule has 1 heterocycles. The minimum absolute atomic E-state index is 0.198. The van der Waals surface area contributed by atoms with Crippen molar-refractivity contribution in [2.75, 3.05) is 36.5 Å². The smallest absolute Gasteiger partial charge is 0.394 e. The van der Waals surface area contributed by atoms with E-state index in [2.05, 4.69) is 5.32 Å². The van der Waals surface area contributed by atoms with E-state index in [1.807, 2.05) is 11.0 Å². The number of nitrogens with one attached hydrogen (secondary N) is 1. The minimum atomic E-state index is -1.59. The van der Waals surface area contributed by atoms with Gasteiger partial charge in [-0.15, -0.1) is 0 Å². The van der Waals surface area contributed by atoms with Crippen LogP contribution in [0, 0.1) is 11.3 Å². The van der Waals surface area contributed by atoms with Gasteiger partial charge in [0.1, 0.15) is 6.07 Å². The standard InChI is InChI=1S/C13H13N3O4/c14-8-9-10(15-12(17)13(18)19)2-1-3-11(9)16-4-6-20-7-5-16/h1-3H,4-7H2,(H,15,17)(H,18,19). The monoisotopic (exact) mass is 275 g/mol. The summed E-state index contributed by atoms with van der Waals surface area (Å²) in [5, 5.41) is 20.1. The van der Waals surface area contributed by atoms with E-state index in [1.54, 1.807) is 12.1 Å². The van der Waals surface area contributed by atoms with E-state index in [1.165, 1.54) is 6.07 Å². The molecule has 1 aromatic carbocycles. The van der Waals surface area contributed by atoms with Crippen LogP contribution in [0.5, 0.6) is 0 Å². The molecule has 0 aromatic heterocycles. The van der Waals surface area contributed by atoms with Crippen molar-refractivity contribution >= 4 is 23.3 Å². The molecule has 1 aliphatic rings. The van der Waals surface area contributed by atoms with Gasteiger partial charge in [-0.2, -0.15) is 5.26 Å². The van der Waals surface area contributed by atoms with Crippen molar-refractivity contribution in [1.29, 1.82) is 5.26 Å². The highest BCUT2D eigenvalue weighted by atomic mass is 16.5. The molecule has 2 rings (SSSR count). The molecular formula is C13H13N3O4. The van der Waals surface area contributed by atoms with Gasteiger partial charge in [-0.05, 0) is 12.1 Å². The van der Waals surface area contributed by atoms with Gasteiger partial charge < -0.3 is 20.1 Å². The zero-order valence-corrected chi connectivity index (χ0v) is 10.6. The normalized spacial score (nSPS) is 14.4. The fraction of sp³-hybridized carbons (Fsp3) is 0.308. The summed E-state index contributed by atoms with van der Waals surface area (Å²) >= 11 is 0. The average molecular weight is 275 g/mol. The number of amides is 1. The second kappa shape index (κ2) is 6.04. The summed E-state index contributed by atoms with van der Waals surface area (Å²) in [4.78, 5) is 23.8. The van der Waals surface area contributed by atoms with Crippen LogP contribution in [-0.4, -0.2) is 43.3 Å². The number of carbonyl (C=O) groups excluding carboxylic acids is 1. The van der Waals surface area contributed by atoms with E-state index < -0.39 is 11.9 Å². The molecule has 0 unspecified atom stereocenters. The predicted octanol–water partition coefficient (Wildman–Crippen LogP) is 0.418. The second-order valence-electron chi connectivity index (χ2n) is 4.17. The fourth-order valence-electron chi connectivity index (χ4n) is 2.01. The highest BCUT2D eigenvalue weighted by Crippen LogP contribution is 2.27. The Labute approximate surface area is 115 Å². The number of aliphatic carboxylic acids is 1. The first-order valence-electron chi connectivity index (χ1n) is 6.03. The quantitative estimate of drug-likeness (QED) is 0.758. The number of carboxylic acids is 1. The Morgan fingerprint density at radius 3 is 2.65 bits per heavy atom. The third-order valence-corrected chi connectivity index (χ3v) is 2.95. The van der Waals surface area contributed by atoms with Crippen LogP contribution in [0.1, 0.15) is 5.56 Å². The van der Waals surface area contributed by atoms with Crippen LogP contribution in [0.15, 0.2) is 18.2 Å². The number of rotatable bonds is 2. The van der Waals surface area contributed by atoms with Crippen LogP contribution in [0.4, 0.5) is 11.4 Å². The second-order valence-corrected chi connectivity index (χ2v) is 4.17. The van der Waals surface area contributed by atoms with Crippen molar-refractivity contribution in [2.24, 2.45) is 0 Å².